The minimum atomic E-state index is -0.593. The summed E-state index contributed by atoms with van der Waals surface area (Å²) in [6.07, 6.45) is 0.863. The highest BCUT2D eigenvalue weighted by Crippen LogP contribution is 2.27. The van der Waals surface area contributed by atoms with Crippen molar-refractivity contribution in [2.24, 2.45) is 0 Å². The van der Waals surface area contributed by atoms with Gasteiger partial charge in [-0.25, -0.2) is 4.39 Å². The Bertz CT molecular complexity index is 398. The summed E-state index contributed by atoms with van der Waals surface area (Å²) >= 11 is 0. The molecule has 17 heavy (non-hydrogen) atoms. The van der Waals surface area contributed by atoms with Gasteiger partial charge in [0.25, 0.3) is 5.69 Å². The van der Waals surface area contributed by atoms with Crippen LogP contribution in [0, 0.1) is 15.9 Å². The van der Waals surface area contributed by atoms with Gasteiger partial charge in [-0.3, -0.25) is 10.1 Å². The van der Waals surface area contributed by atoms with Crippen LogP contribution < -0.4 is 10.2 Å². The minimum Gasteiger partial charge on any atom is -0.369 e. The lowest BCUT2D eigenvalue weighted by atomic mass is 10.2. The molecule has 0 saturated carbocycles. The summed E-state index contributed by atoms with van der Waals surface area (Å²) in [5.74, 6) is -0.593. The van der Waals surface area contributed by atoms with E-state index in [0.29, 0.717) is 12.2 Å². The molecule has 1 aromatic rings. The molecule has 0 spiro atoms. The van der Waals surface area contributed by atoms with Gasteiger partial charge in [-0.05, 0) is 32.1 Å². The van der Waals surface area contributed by atoms with Crippen LogP contribution in [0.25, 0.3) is 0 Å². The largest absolute Gasteiger partial charge is 0.369 e. The molecule has 5 nitrogen and oxygen atoms in total. The van der Waals surface area contributed by atoms with E-state index in [1.165, 1.54) is 12.1 Å². The topological polar surface area (TPSA) is 58.4 Å². The molecular formula is C11H16FN3O2. The molecule has 0 heterocycles. The molecule has 0 radical (unpaired) electrons. The van der Waals surface area contributed by atoms with Crippen molar-refractivity contribution in [3.05, 3.63) is 34.1 Å². The summed E-state index contributed by atoms with van der Waals surface area (Å²) in [5, 5.41) is 13.8. The molecule has 1 aromatic carbocycles. The van der Waals surface area contributed by atoms with Gasteiger partial charge >= 0.3 is 0 Å². The van der Waals surface area contributed by atoms with Crippen LogP contribution in [-0.4, -0.2) is 32.1 Å². The first-order valence-corrected chi connectivity index (χ1v) is 5.36. The third-order valence-electron chi connectivity index (χ3n) is 2.47. The van der Waals surface area contributed by atoms with Crippen molar-refractivity contribution >= 4 is 11.4 Å². The highest BCUT2D eigenvalue weighted by Gasteiger charge is 2.17. The molecule has 0 fully saturated rings. The van der Waals surface area contributed by atoms with Crippen LogP contribution >= 0.6 is 0 Å². The van der Waals surface area contributed by atoms with E-state index < -0.39 is 10.7 Å². The number of nitrogens with one attached hydrogen (secondary N) is 1. The van der Waals surface area contributed by atoms with Crippen LogP contribution in [0.3, 0.4) is 0 Å². The molecule has 6 heteroatoms. The van der Waals surface area contributed by atoms with Crippen LogP contribution in [0.1, 0.15) is 6.42 Å². The molecule has 0 amide bonds. The summed E-state index contributed by atoms with van der Waals surface area (Å²) in [4.78, 5) is 12.0. The quantitative estimate of drug-likeness (QED) is 0.468. The van der Waals surface area contributed by atoms with Gasteiger partial charge in [-0.15, -0.1) is 0 Å². The van der Waals surface area contributed by atoms with E-state index in [4.69, 9.17) is 0 Å². The molecule has 94 valence electrons. The Kier molecular flexibility index (Phi) is 4.84. The molecule has 0 aromatic heterocycles. The van der Waals surface area contributed by atoms with E-state index >= 15 is 0 Å². The predicted molar refractivity (Wildman–Crippen MR) is 64.9 cm³/mol. The van der Waals surface area contributed by atoms with Crippen molar-refractivity contribution in [2.45, 2.75) is 6.42 Å². The van der Waals surface area contributed by atoms with E-state index in [2.05, 4.69) is 5.32 Å². The summed E-state index contributed by atoms with van der Waals surface area (Å²) in [5.41, 5.74) is 0.240. The zero-order valence-corrected chi connectivity index (χ0v) is 9.94. The standard InChI is InChI=1S/C11H16FN3O2/c1-13-6-3-7-14(2)10-5-4-9(12)8-11(10)15(16)17/h4-5,8,13H,3,6-7H2,1-2H3. The number of anilines is 1. The first kappa shape index (κ1) is 13.4. The van der Waals surface area contributed by atoms with E-state index in [9.17, 15) is 14.5 Å². The van der Waals surface area contributed by atoms with E-state index in [1.807, 2.05) is 7.05 Å². The SMILES string of the molecule is CNCCCN(C)c1ccc(F)cc1[N+](=O)[O-]. The fourth-order valence-corrected chi connectivity index (χ4v) is 1.58. The Morgan fingerprint density at radius 2 is 2.24 bits per heavy atom. The number of nitro benzene ring substituents is 1. The summed E-state index contributed by atoms with van der Waals surface area (Å²) in [7, 11) is 3.61. The zero-order chi connectivity index (χ0) is 12.8. The van der Waals surface area contributed by atoms with Gasteiger partial charge in [-0.1, -0.05) is 0 Å². The van der Waals surface area contributed by atoms with Crippen molar-refractivity contribution in [1.82, 2.24) is 5.32 Å². The van der Waals surface area contributed by atoms with Gasteiger partial charge in [0.1, 0.15) is 11.5 Å². The Labute approximate surface area is 99.4 Å². The predicted octanol–water partition coefficient (Wildman–Crippen LogP) is 1.78. The monoisotopic (exact) mass is 241 g/mol. The number of halogens is 1. The van der Waals surface area contributed by atoms with E-state index in [-0.39, 0.29) is 5.69 Å². The molecule has 0 saturated heterocycles. The average Bonchev–Trinajstić information content (AvgIpc) is 2.29. The second-order valence-electron chi connectivity index (χ2n) is 3.77. The maximum absolute atomic E-state index is 12.9. The second-order valence-corrected chi connectivity index (χ2v) is 3.77. The zero-order valence-electron chi connectivity index (χ0n) is 9.94. The molecule has 0 aliphatic heterocycles. The Balaban J connectivity index is 2.84. The van der Waals surface area contributed by atoms with Crippen molar-refractivity contribution in [3.8, 4) is 0 Å². The molecule has 0 aliphatic carbocycles. The number of rotatable bonds is 6. The number of nitro groups is 1. The summed E-state index contributed by atoms with van der Waals surface area (Å²) in [6.45, 7) is 1.51. The van der Waals surface area contributed by atoms with E-state index in [0.717, 1.165) is 19.0 Å². The lowest BCUT2D eigenvalue weighted by Gasteiger charge is -2.18. The molecule has 0 atom stereocenters. The smallest absolute Gasteiger partial charge is 0.295 e. The number of hydrogen-bond acceptors (Lipinski definition) is 4. The van der Waals surface area contributed by atoms with Crippen molar-refractivity contribution < 1.29 is 9.31 Å². The third-order valence-corrected chi connectivity index (χ3v) is 2.47. The molecule has 0 bridgehead atoms. The van der Waals surface area contributed by atoms with Crippen LogP contribution in [0.5, 0.6) is 0 Å². The highest BCUT2D eigenvalue weighted by atomic mass is 19.1. The Morgan fingerprint density at radius 1 is 1.53 bits per heavy atom. The van der Waals surface area contributed by atoms with Gasteiger partial charge in [-0.2, -0.15) is 0 Å². The van der Waals surface area contributed by atoms with E-state index in [1.54, 1.807) is 11.9 Å². The van der Waals surface area contributed by atoms with Crippen molar-refractivity contribution in [3.63, 3.8) is 0 Å². The maximum Gasteiger partial charge on any atom is 0.295 e. The normalized spacial score (nSPS) is 10.3. The number of hydrogen-bond donors (Lipinski definition) is 1. The first-order valence-electron chi connectivity index (χ1n) is 5.36. The first-order chi connectivity index (χ1) is 8.06. The summed E-state index contributed by atoms with van der Waals surface area (Å²) < 4.78 is 12.9. The number of benzene rings is 1. The second kappa shape index (κ2) is 6.15. The summed E-state index contributed by atoms with van der Waals surface area (Å²) in [6, 6.07) is 3.62. The maximum atomic E-state index is 12.9. The van der Waals surface area contributed by atoms with Crippen LogP contribution in [0.2, 0.25) is 0 Å². The lowest BCUT2D eigenvalue weighted by molar-refractivity contribution is -0.384. The van der Waals surface area contributed by atoms with Gasteiger partial charge in [0.15, 0.2) is 0 Å². The molecule has 1 N–H and O–H groups in total. The molecule has 0 aliphatic rings. The molecule has 1 rings (SSSR count). The average molecular weight is 241 g/mol. The van der Waals surface area contributed by atoms with Crippen LogP contribution in [0.4, 0.5) is 15.8 Å². The van der Waals surface area contributed by atoms with Gasteiger partial charge < -0.3 is 10.2 Å². The van der Waals surface area contributed by atoms with Crippen LogP contribution in [-0.2, 0) is 0 Å². The van der Waals surface area contributed by atoms with Crippen molar-refractivity contribution in [1.29, 1.82) is 0 Å². The van der Waals surface area contributed by atoms with Crippen LogP contribution in [0.15, 0.2) is 18.2 Å². The Hall–Kier alpha value is -1.69. The van der Waals surface area contributed by atoms with Gasteiger partial charge in [0.05, 0.1) is 11.0 Å². The lowest BCUT2D eigenvalue weighted by Crippen LogP contribution is -2.23. The minimum absolute atomic E-state index is 0.197. The molecular weight excluding hydrogens is 225 g/mol. The fourth-order valence-electron chi connectivity index (χ4n) is 1.58. The van der Waals surface area contributed by atoms with Gasteiger partial charge in [0.2, 0.25) is 0 Å². The highest BCUT2D eigenvalue weighted by molar-refractivity contribution is 5.62. The molecule has 0 unspecified atom stereocenters. The van der Waals surface area contributed by atoms with Crippen molar-refractivity contribution in [2.75, 3.05) is 32.1 Å². The Morgan fingerprint density at radius 3 is 2.82 bits per heavy atom. The van der Waals surface area contributed by atoms with Gasteiger partial charge in [0, 0.05) is 13.6 Å². The third kappa shape index (κ3) is 3.67. The number of nitrogens with zero attached hydrogens (tertiary/aromatic N) is 2. The fraction of sp³-hybridized carbons (Fsp3) is 0.455.